The van der Waals surface area contributed by atoms with Gasteiger partial charge in [0.05, 0.1) is 6.61 Å². The Hall–Kier alpha value is -1.35. The first-order valence-corrected chi connectivity index (χ1v) is 6.44. The summed E-state index contributed by atoms with van der Waals surface area (Å²) in [6, 6.07) is 9.79. The van der Waals surface area contributed by atoms with Crippen molar-refractivity contribution in [2.24, 2.45) is 5.92 Å². The molecule has 0 aliphatic carbocycles. The predicted molar refractivity (Wildman–Crippen MR) is 69.1 cm³/mol. The van der Waals surface area contributed by atoms with E-state index in [0.717, 1.165) is 12.0 Å². The Labute approximate surface area is 108 Å². The highest BCUT2D eigenvalue weighted by molar-refractivity contribution is 5.79. The van der Waals surface area contributed by atoms with Crippen LogP contribution < -0.4 is 0 Å². The van der Waals surface area contributed by atoms with Crippen LogP contribution in [-0.2, 0) is 19.9 Å². The second-order valence-electron chi connectivity index (χ2n) is 5.32. The van der Waals surface area contributed by atoms with Crippen LogP contribution in [0, 0.1) is 5.92 Å². The van der Waals surface area contributed by atoms with E-state index in [1.54, 1.807) is 0 Å². The molecule has 3 nitrogen and oxygen atoms in total. The van der Waals surface area contributed by atoms with Crippen molar-refractivity contribution in [3.8, 4) is 0 Å². The molecular weight excluding hydrogens is 228 g/mol. The van der Waals surface area contributed by atoms with Crippen molar-refractivity contribution in [1.82, 2.24) is 0 Å². The van der Waals surface area contributed by atoms with Crippen molar-refractivity contribution in [2.75, 3.05) is 6.61 Å². The summed E-state index contributed by atoms with van der Waals surface area (Å²) in [6.45, 7) is 6.61. The highest BCUT2D eigenvalue weighted by Gasteiger charge is 2.59. The van der Waals surface area contributed by atoms with Crippen molar-refractivity contribution in [1.29, 1.82) is 0 Å². The van der Waals surface area contributed by atoms with Crippen LogP contribution in [0.5, 0.6) is 0 Å². The van der Waals surface area contributed by atoms with Gasteiger partial charge in [0.1, 0.15) is 5.60 Å². The molecule has 0 amide bonds. The van der Waals surface area contributed by atoms with Crippen molar-refractivity contribution >= 4 is 5.97 Å². The summed E-state index contributed by atoms with van der Waals surface area (Å²) in [6.07, 6.45) is 0.438. The average molecular weight is 248 g/mol. The van der Waals surface area contributed by atoms with Gasteiger partial charge in [0.15, 0.2) is 6.10 Å². The van der Waals surface area contributed by atoms with Crippen molar-refractivity contribution < 1.29 is 14.3 Å². The number of esters is 1. The summed E-state index contributed by atoms with van der Waals surface area (Å²) >= 11 is 0. The van der Waals surface area contributed by atoms with E-state index in [0.29, 0.717) is 12.5 Å². The lowest BCUT2D eigenvalue weighted by atomic mass is 9.97. The smallest absolute Gasteiger partial charge is 0.338 e. The molecule has 0 spiro atoms. The molecule has 98 valence electrons. The molecule has 1 aromatic carbocycles. The van der Waals surface area contributed by atoms with E-state index in [-0.39, 0.29) is 5.97 Å². The van der Waals surface area contributed by atoms with Crippen LogP contribution in [0.3, 0.4) is 0 Å². The average Bonchev–Trinajstić information content (AvgIpc) is 3.04. The number of carbonyl (C=O) groups is 1. The summed E-state index contributed by atoms with van der Waals surface area (Å²) in [4.78, 5) is 11.8. The zero-order valence-electron chi connectivity index (χ0n) is 11.2. The van der Waals surface area contributed by atoms with Crippen LogP contribution >= 0.6 is 0 Å². The minimum Gasteiger partial charge on any atom is -0.464 e. The minimum atomic E-state index is -0.504. The van der Waals surface area contributed by atoms with Crippen LogP contribution in [0.25, 0.3) is 0 Å². The number of carbonyl (C=O) groups excluding carboxylic acids is 1. The SMILES string of the molecule is CC(C)CCOC(=O)C1OC1(C)c1ccccc1. The topological polar surface area (TPSA) is 38.8 Å². The molecule has 2 unspecified atom stereocenters. The van der Waals surface area contributed by atoms with E-state index >= 15 is 0 Å². The fourth-order valence-electron chi connectivity index (χ4n) is 1.94. The highest BCUT2D eigenvalue weighted by Crippen LogP contribution is 2.46. The summed E-state index contributed by atoms with van der Waals surface area (Å²) in [5.74, 6) is 0.292. The van der Waals surface area contributed by atoms with Crippen LogP contribution in [-0.4, -0.2) is 18.7 Å². The lowest BCUT2D eigenvalue weighted by molar-refractivity contribution is -0.145. The fraction of sp³-hybridized carbons (Fsp3) is 0.533. The van der Waals surface area contributed by atoms with Crippen molar-refractivity contribution in [2.45, 2.75) is 38.9 Å². The van der Waals surface area contributed by atoms with Gasteiger partial charge in [-0.25, -0.2) is 4.79 Å². The number of epoxide rings is 1. The molecule has 1 heterocycles. The third-order valence-corrected chi connectivity index (χ3v) is 3.31. The molecule has 2 rings (SSSR count). The second kappa shape index (κ2) is 5.11. The Morgan fingerprint density at radius 2 is 2.06 bits per heavy atom. The monoisotopic (exact) mass is 248 g/mol. The summed E-state index contributed by atoms with van der Waals surface area (Å²) < 4.78 is 10.8. The van der Waals surface area contributed by atoms with E-state index in [1.807, 2.05) is 37.3 Å². The predicted octanol–water partition coefficient (Wildman–Crippen LogP) is 2.89. The molecule has 1 aromatic rings. The maximum atomic E-state index is 11.8. The minimum absolute atomic E-state index is 0.248. The van der Waals surface area contributed by atoms with Gasteiger partial charge in [-0.3, -0.25) is 0 Å². The number of rotatable bonds is 5. The van der Waals surface area contributed by atoms with Crippen LogP contribution in [0.2, 0.25) is 0 Å². The zero-order valence-corrected chi connectivity index (χ0v) is 11.2. The van der Waals surface area contributed by atoms with Crippen LogP contribution in [0.1, 0.15) is 32.8 Å². The van der Waals surface area contributed by atoms with Gasteiger partial charge in [-0.05, 0) is 24.8 Å². The van der Waals surface area contributed by atoms with E-state index < -0.39 is 11.7 Å². The molecule has 1 fully saturated rings. The van der Waals surface area contributed by atoms with Gasteiger partial charge in [0, 0.05) is 0 Å². The Kier molecular flexibility index (Phi) is 3.71. The normalized spacial score (nSPS) is 26.1. The maximum absolute atomic E-state index is 11.8. The quantitative estimate of drug-likeness (QED) is 0.594. The highest BCUT2D eigenvalue weighted by atomic mass is 16.7. The van der Waals surface area contributed by atoms with E-state index in [4.69, 9.17) is 9.47 Å². The summed E-state index contributed by atoms with van der Waals surface area (Å²) in [5.41, 5.74) is 0.520. The standard InChI is InChI=1S/C15H20O3/c1-11(2)9-10-17-14(16)13-15(3,18-13)12-7-5-4-6-8-12/h4-8,11,13H,9-10H2,1-3H3. The first kappa shape index (κ1) is 13.1. The van der Waals surface area contributed by atoms with E-state index in [2.05, 4.69) is 13.8 Å². The summed E-state index contributed by atoms with van der Waals surface area (Å²) in [7, 11) is 0. The molecule has 2 atom stereocenters. The van der Waals surface area contributed by atoms with Gasteiger partial charge < -0.3 is 9.47 Å². The second-order valence-corrected chi connectivity index (χ2v) is 5.32. The molecule has 0 saturated carbocycles. The van der Waals surface area contributed by atoms with Gasteiger partial charge >= 0.3 is 5.97 Å². The zero-order chi connectivity index (χ0) is 13.2. The Morgan fingerprint density at radius 1 is 1.39 bits per heavy atom. The van der Waals surface area contributed by atoms with Crippen molar-refractivity contribution in [3.63, 3.8) is 0 Å². The first-order chi connectivity index (χ1) is 8.54. The van der Waals surface area contributed by atoms with Gasteiger partial charge in [-0.1, -0.05) is 44.2 Å². The van der Waals surface area contributed by atoms with Crippen LogP contribution in [0.4, 0.5) is 0 Å². The van der Waals surface area contributed by atoms with E-state index in [1.165, 1.54) is 0 Å². The van der Waals surface area contributed by atoms with Crippen LogP contribution in [0.15, 0.2) is 30.3 Å². The molecule has 1 saturated heterocycles. The number of hydrogen-bond acceptors (Lipinski definition) is 3. The molecule has 0 aromatic heterocycles. The largest absolute Gasteiger partial charge is 0.464 e. The van der Waals surface area contributed by atoms with Gasteiger partial charge in [0.2, 0.25) is 0 Å². The lowest BCUT2D eigenvalue weighted by Crippen LogP contribution is -2.19. The molecule has 1 aliphatic heterocycles. The van der Waals surface area contributed by atoms with E-state index in [9.17, 15) is 4.79 Å². The first-order valence-electron chi connectivity index (χ1n) is 6.44. The molecule has 18 heavy (non-hydrogen) atoms. The third kappa shape index (κ3) is 2.72. The van der Waals surface area contributed by atoms with Gasteiger partial charge in [-0.2, -0.15) is 0 Å². The third-order valence-electron chi connectivity index (χ3n) is 3.31. The fourth-order valence-corrected chi connectivity index (χ4v) is 1.94. The maximum Gasteiger partial charge on any atom is 0.338 e. The molecule has 0 bridgehead atoms. The van der Waals surface area contributed by atoms with Crippen molar-refractivity contribution in [3.05, 3.63) is 35.9 Å². The number of ether oxygens (including phenoxy) is 2. The Bertz CT molecular complexity index is 413. The van der Waals surface area contributed by atoms with Gasteiger partial charge in [-0.15, -0.1) is 0 Å². The lowest BCUT2D eigenvalue weighted by Gasteiger charge is -2.08. The molecule has 0 radical (unpaired) electrons. The van der Waals surface area contributed by atoms with Gasteiger partial charge in [0.25, 0.3) is 0 Å². The molecular formula is C15H20O3. The number of benzene rings is 1. The number of hydrogen-bond donors (Lipinski definition) is 0. The molecule has 0 N–H and O–H groups in total. The Balaban J connectivity index is 1.88. The Morgan fingerprint density at radius 3 is 2.67 bits per heavy atom. The molecule has 3 heteroatoms. The molecule has 1 aliphatic rings. The summed E-state index contributed by atoms with van der Waals surface area (Å²) in [5, 5.41) is 0.